The molecule has 0 saturated carbocycles. The van der Waals surface area contributed by atoms with Gasteiger partial charge in [0.05, 0.1) is 43.2 Å². The molecule has 1 atom stereocenters. The van der Waals surface area contributed by atoms with Crippen LogP contribution in [0.2, 0.25) is 0 Å². The van der Waals surface area contributed by atoms with Gasteiger partial charge in [-0.05, 0) is 48.9 Å². The largest absolute Gasteiger partial charge is 0.497 e. The number of esters is 1. The molecule has 36 heavy (non-hydrogen) atoms. The van der Waals surface area contributed by atoms with Gasteiger partial charge in [0.2, 0.25) is 0 Å². The van der Waals surface area contributed by atoms with Gasteiger partial charge in [0.25, 0.3) is 5.56 Å². The summed E-state index contributed by atoms with van der Waals surface area (Å²) in [7, 11) is 4.71. The van der Waals surface area contributed by atoms with E-state index >= 15 is 0 Å². The van der Waals surface area contributed by atoms with E-state index in [4.69, 9.17) is 18.9 Å². The summed E-state index contributed by atoms with van der Waals surface area (Å²) in [6, 6.07) is 11.9. The van der Waals surface area contributed by atoms with E-state index in [-0.39, 0.29) is 12.2 Å². The van der Waals surface area contributed by atoms with Crippen LogP contribution < -0.4 is 29.1 Å². The molecule has 2 aromatic carbocycles. The van der Waals surface area contributed by atoms with Crippen molar-refractivity contribution in [2.75, 3.05) is 27.9 Å². The van der Waals surface area contributed by atoms with Crippen LogP contribution in [0.15, 0.2) is 76.2 Å². The SMILES string of the molecule is C=CCOC(=O)C1=C(C)N=c2s/c(=C\c3cc(OC)ccc3OC)c(=O)n2C1c1ccc(OC)cc1. The molecule has 2 heterocycles. The fourth-order valence-corrected chi connectivity index (χ4v) is 5.03. The van der Waals surface area contributed by atoms with E-state index in [1.165, 1.54) is 22.0 Å². The maximum atomic E-state index is 13.8. The minimum Gasteiger partial charge on any atom is -0.497 e. The van der Waals surface area contributed by atoms with Crippen molar-refractivity contribution in [3.8, 4) is 17.2 Å². The molecule has 1 aliphatic heterocycles. The lowest BCUT2D eigenvalue weighted by atomic mass is 9.96. The van der Waals surface area contributed by atoms with Crippen molar-refractivity contribution < 1.29 is 23.7 Å². The molecular formula is C27H26N2O6S. The second-order valence-corrected chi connectivity index (χ2v) is 8.86. The van der Waals surface area contributed by atoms with E-state index in [9.17, 15) is 9.59 Å². The number of methoxy groups -OCH3 is 3. The molecule has 0 N–H and O–H groups in total. The topological polar surface area (TPSA) is 88.4 Å². The van der Waals surface area contributed by atoms with Crippen molar-refractivity contribution in [3.05, 3.63) is 97.2 Å². The third-order valence-corrected chi connectivity index (χ3v) is 6.71. The third-order valence-electron chi connectivity index (χ3n) is 5.73. The Morgan fingerprint density at radius 2 is 1.78 bits per heavy atom. The van der Waals surface area contributed by atoms with E-state index in [0.29, 0.717) is 43.4 Å². The van der Waals surface area contributed by atoms with Crippen molar-refractivity contribution >= 4 is 23.4 Å². The zero-order chi connectivity index (χ0) is 25.8. The highest BCUT2D eigenvalue weighted by Crippen LogP contribution is 2.32. The molecule has 1 unspecified atom stereocenters. The number of fused-ring (bicyclic) bond motifs is 1. The van der Waals surface area contributed by atoms with E-state index < -0.39 is 12.0 Å². The molecule has 0 aliphatic carbocycles. The van der Waals surface area contributed by atoms with E-state index in [2.05, 4.69) is 11.6 Å². The second kappa shape index (κ2) is 10.7. The van der Waals surface area contributed by atoms with Gasteiger partial charge in [-0.25, -0.2) is 9.79 Å². The van der Waals surface area contributed by atoms with Crippen LogP contribution in [0.25, 0.3) is 6.08 Å². The molecule has 8 nitrogen and oxygen atoms in total. The van der Waals surface area contributed by atoms with Crippen LogP contribution in [-0.2, 0) is 9.53 Å². The van der Waals surface area contributed by atoms with E-state index in [0.717, 1.165) is 5.56 Å². The Bertz CT molecular complexity index is 1520. The molecule has 0 saturated heterocycles. The predicted molar refractivity (Wildman–Crippen MR) is 137 cm³/mol. The monoisotopic (exact) mass is 506 g/mol. The molecule has 1 aliphatic rings. The molecule has 3 aromatic rings. The summed E-state index contributed by atoms with van der Waals surface area (Å²) in [5.41, 5.74) is 1.90. The number of carbonyl (C=O) groups excluding carboxylic acids is 1. The van der Waals surface area contributed by atoms with Gasteiger partial charge < -0.3 is 18.9 Å². The highest BCUT2D eigenvalue weighted by atomic mass is 32.1. The minimum absolute atomic E-state index is 0.0466. The first-order valence-electron chi connectivity index (χ1n) is 11.1. The lowest BCUT2D eigenvalue weighted by Crippen LogP contribution is -2.39. The smallest absolute Gasteiger partial charge is 0.338 e. The number of rotatable bonds is 8. The van der Waals surface area contributed by atoms with Gasteiger partial charge in [0.15, 0.2) is 4.80 Å². The van der Waals surface area contributed by atoms with Crippen LogP contribution in [-0.4, -0.2) is 38.5 Å². The predicted octanol–water partition coefficient (Wildman–Crippen LogP) is 2.99. The third kappa shape index (κ3) is 4.70. The summed E-state index contributed by atoms with van der Waals surface area (Å²) in [6.07, 6.45) is 3.23. The average Bonchev–Trinajstić information content (AvgIpc) is 3.20. The molecule has 186 valence electrons. The molecule has 0 amide bonds. The first kappa shape index (κ1) is 25.0. The number of hydrogen-bond donors (Lipinski definition) is 0. The number of thiazole rings is 1. The summed E-state index contributed by atoms with van der Waals surface area (Å²) in [5, 5.41) is 0. The summed E-state index contributed by atoms with van der Waals surface area (Å²) < 4.78 is 23.4. The zero-order valence-electron chi connectivity index (χ0n) is 20.4. The molecule has 9 heteroatoms. The second-order valence-electron chi connectivity index (χ2n) is 7.85. The molecule has 0 spiro atoms. The van der Waals surface area contributed by atoms with Crippen molar-refractivity contribution in [2.24, 2.45) is 4.99 Å². The van der Waals surface area contributed by atoms with Gasteiger partial charge in [0, 0.05) is 5.56 Å². The highest BCUT2D eigenvalue weighted by molar-refractivity contribution is 7.07. The summed E-state index contributed by atoms with van der Waals surface area (Å²) in [5.74, 6) is 1.33. The number of aromatic nitrogens is 1. The fourth-order valence-electron chi connectivity index (χ4n) is 3.99. The van der Waals surface area contributed by atoms with E-state index in [1.807, 2.05) is 12.1 Å². The lowest BCUT2D eigenvalue weighted by molar-refractivity contribution is -0.138. The Balaban J connectivity index is 1.94. The first-order chi connectivity index (χ1) is 17.4. The quantitative estimate of drug-likeness (QED) is 0.345. The number of nitrogens with zero attached hydrogens (tertiary/aromatic N) is 2. The summed E-state index contributed by atoms with van der Waals surface area (Å²) >= 11 is 1.24. The Morgan fingerprint density at radius 3 is 2.42 bits per heavy atom. The molecule has 0 fully saturated rings. The Morgan fingerprint density at radius 1 is 1.08 bits per heavy atom. The standard InChI is InChI=1S/C27H26N2O6S/c1-6-13-35-26(31)23-16(2)28-27-29(24(23)17-7-9-19(32-3)10-8-17)25(30)22(36-27)15-18-14-20(33-4)11-12-21(18)34-5/h6-12,14-15,24H,1,13H2,2-5H3/b22-15-. The summed E-state index contributed by atoms with van der Waals surface area (Å²) in [6.45, 7) is 5.39. The first-order valence-corrected chi connectivity index (χ1v) is 11.9. The van der Waals surface area contributed by atoms with Gasteiger partial charge >= 0.3 is 5.97 Å². The minimum atomic E-state index is -0.723. The number of allylic oxidation sites excluding steroid dienone is 1. The van der Waals surface area contributed by atoms with Gasteiger partial charge in [-0.3, -0.25) is 9.36 Å². The molecule has 0 radical (unpaired) electrons. The molecule has 1 aromatic heterocycles. The molecular weight excluding hydrogens is 480 g/mol. The van der Waals surface area contributed by atoms with Gasteiger partial charge in [-0.1, -0.05) is 36.1 Å². The zero-order valence-corrected chi connectivity index (χ0v) is 21.3. The highest BCUT2D eigenvalue weighted by Gasteiger charge is 2.33. The van der Waals surface area contributed by atoms with Gasteiger partial charge in [-0.2, -0.15) is 0 Å². The maximum Gasteiger partial charge on any atom is 0.338 e. The van der Waals surface area contributed by atoms with Crippen LogP contribution in [0.3, 0.4) is 0 Å². The fraction of sp³-hybridized carbons (Fsp3) is 0.222. The normalized spacial score (nSPS) is 15.1. The van der Waals surface area contributed by atoms with Gasteiger partial charge in [0.1, 0.15) is 23.9 Å². The van der Waals surface area contributed by atoms with E-state index in [1.54, 1.807) is 64.7 Å². The van der Waals surface area contributed by atoms with Crippen molar-refractivity contribution in [3.63, 3.8) is 0 Å². The van der Waals surface area contributed by atoms with Gasteiger partial charge in [-0.15, -0.1) is 0 Å². The summed E-state index contributed by atoms with van der Waals surface area (Å²) in [4.78, 5) is 31.9. The van der Waals surface area contributed by atoms with Crippen molar-refractivity contribution in [1.82, 2.24) is 4.57 Å². The van der Waals surface area contributed by atoms with Crippen LogP contribution in [0.1, 0.15) is 24.1 Å². The average molecular weight is 507 g/mol. The molecule has 4 rings (SSSR count). The number of benzene rings is 2. The number of hydrogen-bond acceptors (Lipinski definition) is 8. The number of ether oxygens (including phenoxy) is 4. The van der Waals surface area contributed by atoms with Crippen molar-refractivity contribution in [1.29, 1.82) is 0 Å². The van der Waals surface area contributed by atoms with Crippen LogP contribution in [0.5, 0.6) is 17.2 Å². The van der Waals surface area contributed by atoms with Crippen molar-refractivity contribution in [2.45, 2.75) is 13.0 Å². The Kier molecular flexibility index (Phi) is 7.40. The van der Waals surface area contributed by atoms with Crippen LogP contribution in [0, 0.1) is 0 Å². The number of carbonyl (C=O) groups is 1. The Hall–Kier alpha value is -4.11. The molecule has 0 bridgehead atoms. The van der Waals surface area contributed by atoms with Crippen LogP contribution in [0.4, 0.5) is 0 Å². The van der Waals surface area contributed by atoms with Crippen LogP contribution >= 0.6 is 11.3 Å². The lowest BCUT2D eigenvalue weighted by Gasteiger charge is -2.24. The Labute approximate surface area is 212 Å². The maximum absolute atomic E-state index is 13.8.